The minimum Gasteiger partial charge on any atom is -0.362 e. The van der Waals surface area contributed by atoms with Gasteiger partial charge in [0, 0.05) is 10.3 Å². The lowest BCUT2D eigenvalue weighted by molar-refractivity contribution is 0.947. The van der Waals surface area contributed by atoms with Crippen LogP contribution in [0.4, 0.5) is 5.82 Å². The molecule has 0 aliphatic heterocycles. The van der Waals surface area contributed by atoms with Gasteiger partial charge in [-0.15, -0.1) is 11.3 Å². The van der Waals surface area contributed by atoms with Crippen LogP contribution in [0.3, 0.4) is 0 Å². The molecule has 0 bridgehead atoms. The van der Waals surface area contributed by atoms with E-state index in [1.807, 2.05) is 48.5 Å². The maximum Gasteiger partial charge on any atom is 0.258 e. The lowest BCUT2D eigenvalue weighted by Gasteiger charge is -2.10. The number of benzene rings is 2. The first-order chi connectivity index (χ1) is 14.2. The Labute approximate surface area is 170 Å². The van der Waals surface area contributed by atoms with Gasteiger partial charge >= 0.3 is 0 Å². The number of fused-ring (bicyclic) bond motifs is 2. The summed E-state index contributed by atoms with van der Waals surface area (Å²) < 4.78 is 0. The Morgan fingerprint density at radius 2 is 1.62 bits per heavy atom. The van der Waals surface area contributed by atoms with Crippen molar-refractivity contribution in [2.24, 2.45) is 0 Å². The first kappa shape index (κ1) is 17.5. The van der Waals surface area contributed by atoms with E-state index < -0.39 is 0 Å². The summed E-state index contributed by atoms with van der Waals surface area (Å²) in [4.78, 5) is 31.4. The van der Waals surface area contributed by atoms with Crippen LogP contribution in [-0.4, -0.2) is 19.9 Å². The predicted octanol–water partition coefficient (Wildman–Crippen LogP) is 4.52. The average molecular weight is 399 g/mol. The monoisotopic (exact) mass is 399 g/mol. The highest BCUT2D eigenvalue weighted by atomic mass is 32.1. The molecule has 0 saturated heterocycles. The molecule has 0 unspecified atom stereocenters. The Kier molecular flexibility index (Phi) is 4.29. The first-order valence-corrected chi connectivity index (χ1v) is 10.0. The van der Waals surface area contributed by atoms with Crippen molar-refractivity contribution in [1.82, 2.24) is 19.9 Å². The predicted molar refractivity (Wildman–Crippen MR) is 117 cm³/mol. The van der Waals surface area contributed by atoms with Crippen molar-refractivity contribution >= 4 is 39.0 Å². The number of hydrogen-bond donors (Lipinski definition) is 2. The van der Waals surface area contributed by atoms with Gasteiger partial charge in [0.2, 0.25) is 0 Å². The smallest absolute Gasteiger partial charge is 0.258 e. The molecule has 29 heavy (non-hydrogen) atoms. The van der Waals surface area contributed by atoms with Crippen molar-refractivity contribution in [1.29, 1.82) is 0 Å². The molecule has 7 heteroatoms. The second-order valence-electron chi connectivity index (χ2n) is 6.71. The Bertz CT molecular complexity index is 1410. The van der Waals surface area contributed by atoms with E-state index in [1.165, 1.54) is 4.88 Å². The molecule has 5 rings (SSSR count). The fourth-order valence-electron chi connectivity index (χ4n) is 3.26. The Morgan fingerprint density at radius 1 is 0.897 bits per heavy atom. The summed E-state index contributed by atoms with van der Waals surface area (Å²) in [6.45, 7) is 2.42. The molecule has 2 aromatic carbocycles. The largest absolute Gasteiger partial charge is 0.362 e. The lowest BCUT2D eigenvalue weighted by atomic mass is 10.2. The van der Waals surface area contributed by atoms with E-state index >= 15 is 0 Å². The highest BCUT2D eigenvalue weighted by molar-refractivity contribution is 7.15. The van der Waals surface area contributed by atoms with Crippen molar-refractivity contribution in [3.05, 3.63) is 81.7 Å². The van der Waals surface area contributed by atoms with Gasteiger partial charge in [0.15, 0.2) is 5.82 Å². The van der Waals surface area contributed by atoms with Crippen molar-refractivity contribution in [3.63, 3.8) is 0 Å². The number of nitrogens with zero attached hydrogens (tertiary/aromatic N) is 3. The van der Waals surface area contributed by atoms with Crippen LogP contribution in [0.15, 0.2) is 65.5 Å². The first-order valence-electron chi connectivity index (χ1n) is 9.23. The lowest BCUT2D eigenvalue weighted by Crippen LogP contribution is -2.15. The van der Waals surface area contributed by atoms with E-state index in [9.17, 15) is 4.79 Å². The standard InChI is InChI=1S/C22H17N5OS/c1-13-10-11-18(29-13)21-25-16-8-4-2-6-14(16)20(27-21)23-12-19-24-17-9-5-3-7-15(17)22(28)26-19/h2-11H,12H2,1H3,(H,23,25,27)(H,24,26,28). The van der Waals surface area contributed by atoms with E-state index in [4.69, 9.17) is 9.97 Å². The van der Waals surface area contributed by atoms with Gasteiger partial charge in [-0.05, 0) is 43.3 Å². The zero-order valence-corrected chi connectivity index (χ0v) is 16.5. The van der Waals surface area contributed by atoms with Crippen LogP contribution < -0.4 is 10.9 Å². The summed E-state index contributed by atoms with van der Waals surface area (Å²) in [5, 5.41) is 4.84. The van der Waals surface area contributed by atoms with Gasteiger partial charge < -0.3 is 10.3 Å². The van der Waals surface area contributed by atoms with Crippen LogP contribution in [0.1, 0.15) is 10.7 Å². The summed E-state index contributed by atoms with van der Waals surface area (Å²) in [6.07, 6.45) is 0. The van der Waals surface area contributed by atoms with E-state index in [2.05, 4.69) is 28.3 Å². The van der Waals surface area contributed by atoms with Gasteiger partial charge in [-0.25, -0.2) is 15.0 Å². The Balaban J connectivity index is 1.54. The number of anilines is 1. The summed E-state index contributed by atoms with van der Waals surface area (Å²) in [5.41, 5.74) is 1.40. The number of aryl methyl sites for hydroxylation is 1. The summed E-state index contributed by atoms with van der Waals surface area (Å²) in [7, 11) is 0. The molecule has 3 aromatic heterocycles. The van der Waals surface area contributed by atoms with Gasteiger partial charge in [0.05, 0.1) is 27.8 Å². The van der Waals surface area contributed by atoms with Crippen molar-refractivity contribution < 1.29 is 0 Å². The molecule has 0 fully saturated rings. The third kappa shape index (κ3) is 3.36. The number of aromatic nitrogens is 4. The average Bonchev–Trinajstić information content (AvgIpc) is 3.18. The van der Waals surface area contributed by atoms with E-state index in [1.54, 1.807) is 17.4 Å². The third-order valence-corrected chi connectivity index (χ3v) is 5.65. The van der Waals surface area contributed by atoms with Crippen LogP contribution in [0.2, 0.25) is 0 Å². The molecule has 0 spiro atoms. The SMILES string of the molecule is Cc1ccc(-c2nc(NCc3nc4ccccc4c(=O)[nH]3)c3ccccc3n2)s1. The highest BCUT2D eigenvalue weighted by Gasteiger charge is 2.11. The Morgan fingerprint density at radius 3 is 2.38 bits per heavy atom. The maximum absolute atomic E-state index is 12.3. The number of nitrogens with one attached hydrogen (secondary N) is 2. The molecule has 0 radical (unpaired) electrons. The second-order valence-corrected chi connectivity index (χ2v) is 7.99. The van der Waals surface area contributed by atoms with Crippen molar-refractivity contribution in [2.45, 2.75) is 13.5 Å². The molecular formula is C22H17N5OS. The summed E-state index contributed by atoms with van der Waals surface area (Å²) in [6, 6.07) is 19.3. The minimum atomic E-state index is -0.144. The fraction of sp³-hybridized carbons (Fsp3) is 0.0909. The number of hydrogen-bond acceptors (Lipinski definition) is 6. The summed E-state index contributed by atoms with van der Waals surface area (Å²) >= 11 is 1.66. The van der Waals surface area contributed by atoms with Gasteiger partial charge in [-0.1, -0.05) is 24.3 Å². The molecule has 0 aliphatic carbocycles. The molecule has 3 heterocycles. The molecule has 0 amide bonds. The molecule has 0 aliphatic rings. The highest BCUT2D eigenvalue weighted by Crippen LogP contribution is 2.29. The zero-order valence-electron chi connectivity index (χ0n) is 15.6. The zero-order chi connectivity index (χ0) is 19.8. The molecular weight excluding hydrogens is 382 g/mol. The maximum atomic E-state index is 12.3. The number of aromatic amines is 1. The molecule has 0 saturated carbocycles. The summed E-state index contributed by atoms with van der Waals surface area (Å²) in [5.74, 6) is 1.96. The molecule has 2 N–H and O–H groups in total. The molecule has 0 atom stereocenters. The van der Waals surface area contributed by atoms with Crippen LogP contribution in [0.25, 0.3) is 32.5 Å². The van der Waals surface area contributed by atoms with E-state index in [0.29, 0.717) is 34.9 Å². The van der Waals surface area contributed by atoms with Crippen molar-refractivity contribution in [2.75, 3.05) is 5.32 Å². The van der Waals surface area contributed by atoms with E-state index in [-0.39, 0.29) is 5.56 Å². The second kappa shape index (κ2) is 7.10. The van der Waals surface area contributed by atoms with Gasteiger partial charge in [-0.3, -0.25) is 4.79 Å². The van der Waals surface area contributed by atoms with E-state index in [0.717, 1.165) is 15.8 Å². The topological polar surface area (TPSA) is 83.6 Å². The van der Waals surface area contributed by atoms with Crippen molar-refractivity contribution in [3.8, 4) is 10.7 Å². The van der Waals surface area contributed by atoms with Gasteiger partial charge in [0.1, 0.15) is 11.6 Å². The number of H-pyrrole nitrogens is 1. The molecule has 5 aromatic rings. The number of rotatable bonds is 4. The van der Waals surface area contributed by atoms with Gasteiger partial charge in [0.25, 0.3) is 5.56 Å². The quantitative estimate of drug-likeness (QED) is 0.464. The molecule has 142 valence electrons. The normalized spacial score (nSPS) is 11.2. The number of thiophene rings is 1. The van der Waals surface area contributed by atoms with Crippen LogP contribution in [0, 0.1) is 6.92 Å². The fourth-order valence-corrected chi connectivity index (χ4v) is 4.06. The van der Waals surface area contributed by atoms with Crippen LogP contribution >= 0.6 is 11.3 Å². The number of para-hydroxylation sites is 2. The van der Waals surface area contributed by atoms with Crippen LogP contribution in [0.5, 0.6) is 0 Å². The Hall–Kier alpha value is -3.58. The minimum absolute atomic E-state index is 0.144. The van der Waals surface area contributed by atoms with Gasteiger partial charge in [-0.2, -0.15) is 0 Å². The molecule has 6 nitrogen and oxygen atoms in total. The van der Waals surface area contributed by atoms with Crippen LogP contribution in [-0.2, 0) is 6.54 Å². The third-order valence-electron chi connectivity index (χ3n) is 4.65.